The lowest BCUT2D eigenvalue weighted by molar-refractivity contribution is 0.0136. The van der Waals surface area contributed by atoms with E-state index in [1.807, 2.05) is 51.1 Å². The van der Waals surface area contributed by atoms with Crippen LogP contribution >= 0.6 is 0 Å². The molecular formula is C26H33N3O4. The largest absolute Gasteiger partial charge is 0.497 e. The summed E-state index contributed by atoms with van der Waals surface area (Å²) in [7, 11) is 1.67. The molecule has 176 valence electrons. The molecule has 0 bridgehead atoms. The van der Waals surface area contributed by atoms with E-state index in [2.05, 4.69) is 22.8 Å². The van der Waals surface area contributed by atoms with Crippen LogP contribution in [0.25, 0.3) is 11.0 Å². The number of carbonyl (C=O) groups is 1. The number of piperidine rings is 1. The maximum Gasteiger partial charge on any atom is 0.410 e. The van der Waals surface area contributed by atoms with E-state index in [1.165, 1.54) is 0 Å². The van der Waals surface area contributed by atoms with Gasteiger partial charge < -0.3 is 19.1 Å². The fraction of sp³-hybridized carbons (Fsp3) is 0.462. The van der Waals surface area contributed by atoms with E-state index in [0.717, 1.165) is 41.7 Å². The molecule has 4 rings (SSSR count). The number of benzene rings is 2. The maximum atomic E-state index is 12.5. The number of hydrogen-bond acceptors (Lipinski definition) is 5. The second-order valence-corrected chi connectivity index (χ2v) is 9.56. The minimum Gasteiger partial charge on any atom is -0.497 e. The van der Waals surface area contributed by atoms with Gasteiger partial charge in [-0.1, -0.05) is 24.3 Å². The number of amides is 1. The molecule has 1 aromatic heterocycles. The van der Waals surface area contributed by atoms with E-state index in [1.54, 1.807) is 12.0 Å². The average molecular weight is 452 g/mol. The Morgan fingerprint density at radius 3 is 2.61 bits per heavy atom. The fourth-order valence-electron chi connectivity index (χ4n) is 4.12. The van der Waals surface area contributed by atoms with Gasteiger partial charge in [-0.05, 0) is 63.4 Å². The maximum absolute atomic E-state index is 12.5. The van der Waals surface area contributed by atoms with E-state index in [4.69, 9.17) is 19.2 Å². The van der Waals surface area contributed by atoms with Crippen molar-refractivity contribution in [3.63, 3.8) is 0 Å². The van der Waals surface area contributed by atoms with Crippen LogP contribution in [-0.4, -0.2) is 53.0 Å². The van der Waals surface area contributed by atoms with Gasteiger partial charge in [0.1, 0.15) is 11.4 Å². The van der Waals surface area contributed by atoms with Gasteiger partial charge in [-0.3, -0.25) is 4.57 Å². The lowest BCUT2D eigenvalue weighted by Crippen LogP contribution is -2.44. The van der Waals surface area contributed by atoms with Crippen molar-refractivity contribution in [2.24, 2.45) is 5.92 Å². The minimum absolute atomic E-state index is 0.237. The molecule has 2 heterocycles. The van der Waals surface area contributed by atoms with Crippen LogP contribution in [0.3, 0.4) is 0 Å². The quantitative estimate of drug-likeness (QED) is 0.520. The Bertz CT molecular complexity index is 1090. The van der Waals surface area contributed by atoms with Crippen molar-refractivity contribution in [3.05, 3.63) is 54.1 Å². The van der Waals surface area contributed by atoms with Gasteiger partial charge in [-0.2, -0.15) is 4.98 Å². The number of para-hydroxylation sites is 2. The van der Waals surface area contributed by atoms with Crippen LogP contribution in [0, 0.1) is 5.92 Å². The molecule has 7 nitrogen and oxygen atoms in total. The van der Waals surface area contributed by atoms with Crippen molar-refractivity contribution in [2.75, 3.05) is 26.8 Å². The summed E-state index contributed by atoms with van der Waals surface area (Å²) in [4.78, 5) is 19.0. The van der Waals surface area contributed by atoms with Crippen molar-refractivity contribution in [3.8, 4) is 11.8 Å². The van der Waals surface area contributed by atoms with Gasteiger partial charge in [0.15, 0.2) is 0 Å². The molecule has 1 saturated heterocycles. The van der Waals surface area contributed by atoms with Gasteiger partial charge in [-0.25, -0.2) is 4.79 Å². The zero-order valence-corrected chi connectivity index (χ0v) is 19.9. The van der Waals surface area contributed by atoms with Crippen molar-refractivity contribution in [1.29, 1.82) is 0 Å². The normalized spacial score (nSPS) is 16.6. The summed E-state index contributed by atoms with van der Waals surface area (Å²) in [5.74, 6) is 1.07. The molecule has 1 fully saturated rings. The summed E-state index contributed by atoms with van der Waals surface area (Å²) >= 11 is 0. The smallest absolute Gasteiger partial charge is 0.410 e. The number of imidazole rings is 1. The standard InChI is InChI=1S/C26H33N3O4/c1-26(2,3)33-25(30)28-15-7-8-20(16-28)18-32-24-27-22-9-5-6-10-23(22)29(24)17-19-11-13-21(31-4)14-12-19/h5-6,9-14,20H,7-8,15-18H2,1-4H3. The van der Waals surface area contributed by atoms with E-state index in [9.17, 15) is 4.79 Å². The molecule has 33 heavy (non-hydrogen) atoms. The summed E-state index contributed by atoms with van der Waals surface area (Å²) < 4.78 is 19.2. The fourth-order valence-corrected chi connectivity index (χ4v) is 4.12. The molecular weight excluding hydrogens is 418 g/mol. The van der Waals surface area contributed by atoms with Crippen LogP contribution in [-0.2, 0) is 11.3 Å². The van der Waals surface area contributed by atoms with Gasteiger partial charge in [0.2, 0.25) is 0 Å². The molecule has 7 heteroatoms. The van der Waals surface area contributed by atoms with Crippen molar-refractivity contribution in [2.45, 2.75) is 45.8 Å². The number of nitrogens with zero attached hydrogens (tertiary/aromatic N) is 3. The van der Waals surface area contributed by atoms with Crippen LogP contribution in [0.15, 0.2) is 48.5 Å². The molecule has 0 aliphatic carbocycles. The molecule has 0 saturated carbocycles. The van der Waals surface area contributed by atoms with Crippen LogP contribution in [0.1, 0.15) is 39.2 Å². The lowest BCUT2D eigenvalue weighted by Gasteiger charge is -2.33. The Hall–Kier alpha value is -3.22. The van der Waals surface area contributed by atoms with E-state index in [0.29, 0.717) is 25.7 Å². The molecule has 1 amide bonds. The molecule has 1 aliphatic rings. The summed E-state index contributed by atoms with van der Waals surface area (Å²) in [6.07, 6.45) is 1.70. The first-order valence-corrected chi connectivity index (χ1v) is 11.5. The molecule has 0 spiro atoms. The summed E-state index contributed by atoms with van der Waals surface area (Å²) in [5.41, 5.74) is 2.58. The second-order valence-electron chi connectivity index (χ2n) is 9.56. The number of methoxy groups -OCH3 is 1. The zero-order chi connectivity index (χ0) is 23.4. The Morgan fingerprint density at radius 2 is 1.88 bits per heavy atom. The summed E-state index contributed by atoms with van der Waals surface area (Å²) in [5, 5.41) is 0. The molecule has 0 N–H and O–H groups in total. The van der Waals surface area contributed by atoms with Gasteiger partial charge in [-0.15, -0.1) is 0 Å². The SMILES string of the molecule is COc1ccc(Cn2c(OCC3CCCN(C(=O)OC(C)(C)C)C3)nc3ccccc32)cc1. The second kappa shape index (κ2) is 9.73. The predicted molar refractivity (Wildman–Crippen MR) is 128 cm³/mol. The predicted octanol–water partition coefficient (Wildman–Crippen LogP) is 5.12. The molecule has 1 atom stereocenters. The third-order valence-corrected chi connectivity index (χ3v) is 5.74. The Morgan fingerprint density at radius 1 is 1.12 bits per heavy atom. The first-order valence-electron chi connectivity index (χ1n) is 11.5. The van der Waals surface area contributed by atoms with Gasteiger partial charge in [0.25, 0.3) is 6.01 Å². The number of hydrogen-bond donors (Lipinski definition) is 0. The third kappa shape index (κ3) is 5.78. The Balaban J connectivity index is 1.47. The van der Waals surface area contributed by atoms with Crippen LogP contribution in [0.5, 0.6) is 11.8 Å². The van der Waals surface area contributed by atoms with Crippen molar-refractivity contribution >= 4 is 17.1 Å². The number of likely N-dealkylation sites (tertiary alicyclic amines) is 1. The highest BCUT2D eigenvalue weighted by atomic mass is 16.6. The topological polar surface area (TPSA) is 65.8 Å². The number of fused-ring (bicyclic) bond motifs is 1. The summed E-state index contributed by atoms with van der Waals surface area (Å²) in [6, 6.07) is 16.7. The highest BCUT2D eigenvalue weighted by molar-refractivity contribution is 5.76. The van der Waals surface area contributed by atoms with Gasteiger partial charge >= 0.3 is 6.09 Å². The van der Waals surface area contributed by atoms with Gasteiger partial charge in [0.05, 0.1) is 31.3 Å². The molecule has 1 unspecified atom stereocenters. The van der Waals surface area contributed by atoms with Gasteiger partial charge in [0, 0.05) is 19.0 Å². The van der Waals surface area contributed by atoms with Crippen LogP contribution in [0.4, 0.5) is 4.79 Å². The lowest BCUT2D eigenvalue weighted by atomic mass is 9.99. The number of carbonyl (C=O) groups excluding carboxylic acids is 1. The number of rotatable bonds is 6. The molecule has 3 aromatic rings. The highest BCUT2D eigenvalue weighted by Crippen LogP contribution is 2.26. The average Bonchev–Trinajstić information content (AvgIpc) is 3.14. The van der Waals surface area contributed by atoms with Crippen LogP contribution in [0.2, 0.25) is 0 Å². The first-order chi connectivity index (χ1) is 15.8. The molecule has 1 aliphatic heterocycles. The molecule has 0 radical (unpaired) electrons. The minimum atomic E-state index is -0.493. The monoisotopic (exact) mass is 451 g/mol. The van der Waals surface area contributed by atoms with Crippen molar-refractivity contribution < 1.29 is 19.0 Å². The highest BCUT2D eigenvalue weighted by Gasteiger charge is 2.28. The van der Waals surface area contributed by atoms with E-state index < -0.39 is 5.60 Å². The van der Waals surface area contributed by atoms with E-state index >= 15 is 0 Å². The Labute approximate surface area is 195 Å². The van der Waals surface area contributed by atoms with Crippen molar-refractivity contribution in [1.82, 2.24) is 14.5 Å². The van der Waals surface area contributed by atoms with E-state index in [-0.39, 0.29) is 12.0 Å². The summed E-state index contributed by atoms with van der Waals surface area (Å²) in [6.45, 7) is 8.18. The zero-order valence-electron chi connectivity index (χ0n) is 19.9. The molecule has 2 aromatic carbocycles. The first kappa shape index (κ1) is 23.0. The van der Waals surface area contributed by atoms with Crippen LogP contribution < -0.4 is 9.47 Å². The third-order valence-electron chi connectivity index (χ3n) is 5.74. The Kier molecular flexibility index (Phi) is 6.77. The number of ether oxygens (including phenoxy) is 3. The number of aromatic nitrogens is 2.